The molecule has 4 heteroatoms. The zero-order valence-corrected chi connectivity index (χ0v) is 8.01. The molecule has 1 atom stereocenters. The topological polar surface area (TPSA) is 35.2 Å². The van der Waals surface area contributed by atoms with Gasteiger partial charge in [-0.1, -0.05) is 17.7 Å². The Morgan fingerprint density at radius 1 is 1.62 bits per heavy atom. The normalized spacial score (nSPS) is 12.6. The molecule has 0 unspecified atom stereocenters. The van der Waals surface area contributed by atoms with Gasteiger partial charge in [-0.15, -0.1) is 0 Å². The molecule has 0 aliphatic carbocycles. The number of methoxy groups -OCH3 is 1. The van der Waals surface area contributed by atoms with Gasteiger partial charge in [0.25, 0.3) is 0 Å². The number of nitrogens with two attached hydrogens (primary N) is 1. The van der Waals surface area contributed by atoms with Crippen LogP contribution in [0.15, 0.2) is 18.2 Å². The highest BCUT2D eigenvalue weighted by Gasteiger charge is 2.07. The van der Waals surface area contributed by atoms with E-state index < -0.39 is 12.7 Å². The molecule has 0 aromatic heterocycles. The molecule has 0 amide bonds. The minimum absolute atomic E-state index is 0.448. The van der Waals surface area contributed by atoms with Gasteiger partial charge in [0.15, 0.2) is 0 Å². The second-order valence-electron chi connectivity index (χ2n) is 2.65. The first-order valence-electron chi connectivity index (χ1n) is 3.84. The van der Waals surface area contributed by atoms with E-state index in [1.807, 2.05) is 0 Å². The molecule has 0 bridgehead atoms. The molecule has 0 heterocycles. The Hall–Kier alpha value is -0.800. The van der Waals surface area contributed by atoms with Crippen molar-refractivity contribution in [3.05, 3.63) is 28.8 Å². The second-order valence-corrected chi connectivity index (χ2v) is 3.06. The lowest BCUT2D eigenvalue weighted by Crippen LogP contribution is -2.11. The molecule has 0 aliphatic heterocycles. The zero-order chi connectivity index (χ0) is 9.84. The largest absolute Gasteiger partial charge is 0.495 e. The molecule has 72 valence electrons. The van der Waals surface area contributed by atoms with Crippen LogP contribution >= 0.6 is 11.6 Å². The summed E-state index contributed by atoms with van der Waals surface area (Å²) in [6.45, 7) is -0.595. The average Bonchev–Trinajstić information content (AvgIpc) is 2.16. The fourth-order valence-corrected chi connectivity index (χ4v) is 1.27. The van der Waals surface area contributed by atoms with E-state index in [1.165, 1.54) is 7.11 Å². The fourth-order valence-electron chi connectivity index (χ4n) is 1.00. The maximum atomic E-state index is 12.2. The average molecular weight is 204 g/mol. The van der Waals surface area contributed by atoms with Gasteiger partial charge < -0.3 is 10.5 Å². The molecule has 0 spiro atoms. The summed E-state index contributed by atoms with van der Waals surface area (Å²) in [7, 11) is 1.52. The van der Waals surface area contributed by atoms with E-state index in [-0.39, 0.29) is 0 Å². The van der Waals surface area contributed by atoms with Crippen LogP contribution in [0.1, 0.15) is 11.6 Å². The number of halogens is 2. The third-order valence-electron chi connectivity index (χ3n) is 1.77. The molecule has 0 radical (unpaired) electrons. The number of hydrogen-bond acceptors (Lipinski definition) is 2. The van der Waals surface area contributed by atoms with Crippen LogP contribution in [0.5, 0.6) is 5.75 Å². The summed E-state index contributed by atoms with van der Waals surface area (Å²) < 4.78 is 17.1. The number of ether oxygens (including phenoxy) is 1. The summed E-state index contributed by atoms with van der Waals surface area (Å²) in [5.74, 6) is 0.566. The van der Waals surface area contributed by atoms with Crippen molar-refractivity contribution in [2.75, 3.05) is 13.8 Å². The SMILES string of the molecule is COc1ccc([C@H](N)CF)cc1Cl. The molecule has 0 saturated carbocycles. The predicted octanol–water partition coefficient (Wildman–Crippen LogP) is 2.32. The van der Waals surface area contributed by atoms with Gasteiger partial charge in [-0.3, -0.25) is 0 Å². The number of benzene rings is 1. The summed E-state index contributed by atoms with van der Waals surface area (Å²) in [4.78, 5) is 0. The van der Waals surface area contributed by atoms with Gasteiger partial charge in [0.1, 0.15) is 12.4 Å². The van der Waals surface area contributed by atoms with E-state index >= 15 is 0 Å². The molecule has 1 aromatic carbocycles. The first kappa shape index (κ1) is 10.3. The minimum Gasteiger partial charge on any atom is -0.495 e. The van der Waals surface area contributed by atoms with Crippen LogP contribution in [0.25, 0.3) is 0 Å². The van der Waals surface area contributed by atoms with Gasteiger partial charge in [0.05, 0.1) is 18.2 Å². The van der Waals surface area contributed by atoms with E-state index in [2.05, 4.69) is 0 Å². The Balaban J connectivity index is 2.95. The molecule has 2 nitrogen and oxygen atoms in total. The summed E-state index contributed by atoms with van der Waals surface area (Å²) >= 11 is 5.83. The molecule has 1 rings (SSSR count). The lowest BCUT2D eigenvalue weighted by atomic mass is 10.1. The number of alkyl halides is 1. The molecular weight excluding hydrogens is 193 g/mol. The van der Waals surface area contributed by atoms with Crippen molar-refractivity contribution in [3.8, 4) is 5.75 Å². The van der Waals surface area contributed by atoms with Crippen molar-refractivity contribution in [1.82, 2.24) is 0 Å². The lowest BCUT2D eigenvalue weighted by Gasteiger charge is -2.09. The van der Waals surface area contributed by atoms with E-state index in [0.717, 1.165) is 0 Å². The highest BCUT2D eigenvalue weighted by atomic mass is 35.5. The molecule has 0 aliphatic rings. The van der Waals surface area contributed by atoms with E-state index in [0.29, 0.717) is 16.3 Å². The minimum atomic E-state index is -0.608. The molecule has 2 N–H and O–H groups in total. The highest BCUT2D eigenvalue weighted by Crippen LogP contribution is 2.26. The highest BCUT2D eigenvalue weighted by molar-refractivity contribution is 6.32. The number of rotatable bonds is 3. The van der Waals surface area contributed by atoms with Gasteiger partial charge >= 0.3 is 0 Å². The maximum Gasteiger partial charge on any atom is 0.137 e. The van der Waals surface area contributed by atoms with Crippen LogP contribution in [0.2, 0.25) is 5.02 Å². The van der Waals surface area contributed by atoms with Crippen molar-refractivity contribution in [2.45, 2.75) is 6.04 Å². The molecular formula is C9H11ClFNO. The Bertz CT molecular complexity index is 293. The van der Waals surface area contributed by atoms with Crippen LogP contribution in [-0.4, -0.2) is 13.8 Å². The maximum absolute atomic E-state index is 12.2. The van der Waals surface area contributed by atoms with Crippen molar-refractivity contribution in [3.63, 3.8) is 0 Å². The molecule has 0 saturated heterocycles. The quantitative estimate of drug-likeness (QED) is 0.819. The fraction of sp³-hybridized carbons (Fsp3) is 0.333. The Kier molecular flexibility index (Phi) is 3.51. The molecule has 0 fully saturated rings. The van der Waals surface area contributed by atoms with Crippen molar-refractivity contribution in [2.24, 2.45) is 5.73 Å². The van der Waals surface area contributed by atoms with Crippen LogP contribution in [0.4, 0.5) is 4.39 Å². The van der Waals surface area contributed by atoms with Crippen molar-refractivity contribution < 1.29 is 9.13 Å². The first-order valence-corrected chi connectivity index (χ1v) is 4.21. The predicted molar refractivity (Wildman–Crippen MR) is 50.9 cm³/mol. The van der Waals surface area contributed by atoms with E-state index in [1.54, 1.807) is 18.2 Å². The van der Waals surface area contributed by atoms with Gasteiger partial charge in [-0.2, -0.15) is 0 Å². The van der Waals surface area contributed by atoms with Crippen molar-refractivity contribution >= 4 is 11.6 Å². The lowest BCUT2D eigenvalue weighted by molar-refractivity contribution is 0.413. The second kappa shape index (κ2) is 4.44. The van der Waals surface area contributed by atoms with Gasteiger partial charge in [-0.05, 0) is 17.7 Å². The summed E-state index contributed by atoms with van der Waals surface area (Å²) in [5, 5.41) is 0.448. The third-order valence-corrected chi connectivity index (χ3v) is 2.07. The first-order chi connectivity index (χ1) is 6.19. The monoisotopic (exact) mass is 203 g/mol. The van der Waals surface area contributed by atoms with Crippen molar-refractivity contribution in [1.29, 1.82) is 0 Å². The van der Waals surface area contributed by atoms with Crippen LogP contribution in [0, 0.1) is 0 Å². The van der Waals surface area contributed by atoms with E-state index in [4.69, 9.17) is 22.1 Å². The summed E-state index contributed by atoms with van der Waals surface area (Å²) in [5.41, 5.74) is 6.15. The van der Waals surface area contributed by atoms with Gasteiger partial charge in [0, 0.05) is 0 Å². The Morgan fingerprint density at radius 3 is 2.77 bits per heavy atom. The third kappa shape index (κ3) is 2.32. The number of hydrogen-bond donors (Lipinski definition) is 1. The molecule has 13 heavy (non-hydrogen) atoms. The Morgan fingerprint density at radius 2 is 2.31 bits per heavy atom. The van der Waals surface area contributed by atoms with Gasteiger partial charge in [0.2, 0.25) is 0 Å². The van der Waals surface area contributed by atoms with E-state index in [9.17, 15) is 4.39 Å². The van der Waals surface area contributed by atoms with Crippen LogP contribution < -0.4 is 10.5 Å². The zero-order valence-electron chi connectivity index (χ0n) is 7.26. The Labute approximate surface area is 81.4 Å². The summed E-state index contributed by atoms with van der Waals surface area (Å²) in [6.07, 6.45) is 0. The molecule has 1 aromatic rings. The van der Waals surface area contributed by atoms with Crippen LogP contribution in [0.3, 0.4) is 0 Å². The smallest absolute Gasteiger partial charge is 0.137 e. The van der Waals surface area contributed by atoms with Gasteiger partial charge in [-0.25, -0.2) is 4.39 Å². The van der Waals surface area contributed by atoms with Crippen LogP contribution in [-0.2, 0) is 0 Å². The summed E-state index contributed by atoms with van der Waals surface area (Å²) in [6, 6.07) is 4.38. The standard InChI is InChI=1S/C9H11ClFNO/c1-13-9-3-2-6(4-7(9)10)8(12)5-11/h2-4,8H,5,12H2,1H3/t8-/m1/s1.